The minimum Gasteiger partial charge on any atom is -0.494 e. The number of carboxylic acids is 1. The number of hydrogen-bond donors (Lipinski definition) is 1. The first-order valence-electron chi connectivity index (χ1n) is 5.25. The average Bonchev–Trinajstić information content (AvgIpc) is 2.72. The molecule has 2 rings (SSSR count). The molecule has 0 aliphatic rings. The Morgan fingerprint density at radius 2 is 2.21 bits per heavy atom. The molecular weight excluding hydrogens is 319 g/mol. The Hall–Kier alpha value is -1.89. The summed E-state index contributed by atoms with van der Waals surface area (Å²) >= 11 is 3.24. The normalized spacial score (nSPS) is 10.5. The lowest BCUT2D eigenvalue weighted by Gasteiger charge is -2.09. The number of ether oxygens (including phenoxy) is 1. The van der Waals surface area contributed by atoms with Gasteiger partial charge in [-0.15, -0.1) is 0 Å². The molecule has 0 aliphatic carbocycles. The second-order valence-corrected chi connectivity index (χ2v) is 4.64. The highest BCUT2D eigenvalue weighted by molar-refractivity contribution is 9.10. The highest BCUT2D eigenvalue weighted by Crippen LogP contribution is 2.35. The second kappa shape index (κ2) is 5.00. The zero-order valence-corrected chi connectivity index (χ0v) is 11.7. The molecule has 0 radical (unpaired) electrons. The molecule has 0 amide bonds. The molecular formula is C12H10BrFN2O3. The molecule has 0 spiro atoms. The molecule has 5 nitrogen and oxygen atoms in total. The maximum atomic E-state index is 14.3. The summed E-state index contributed by atoms with van der Waals surface area (Å²) in [7, 11) is 2.91. The average molecular weight is 329 g/mol. The van der Waals surface area contributed by atoms with Crippen molar-refractivity contribution in [1.82, 2.24) is 9.78 Å². The fraction of sp³-hybridized carbons (Fsp3) is 0.167. The molecule has 0 aliphatic heterocycles. The fourth-order valence-corrected chi connectivity index (χ4v) is 2.24. The number of carbonyl (C=O) groups is 1. The summed E-state index contributed by atoms with van der Waals surface area (Å²) in [5.74, 6) is -1.66. The van der Waals surface area contributed by atoms with Crippen LogP contribution >= 0.6 is 15.9 Å². The van der Waals surface area contributed by atoms with E-state index < -0.39 is 11.8 Å². The highest BCUT2D eigenvalue weighted by atomic mass is 79.9. The first-order valence-corrected chi connectivity index (χ1v) is 6.04. The van der Waals surface area contributed by atoms with E-state index in [1.54, 1.807) is 13.1 Å². The van der Waals surface area contributed by atoms with Crippen molar-refractivity contribution >= 4 is 21.9 Å². The molecule has 0 atom stereocenters. The molecule has 7 heteroatoms. The molecule has 0 saturated heterocycles. The third kappa shape index (κ3) is 2.33. The maximum absolute atomic E-state index is 14.3. The quantitative estimate of drug-likeness (QED) is 0.940. The first-order chi connectivity index (χ1) is 8.95. The van der Waals surface area contributed by atoms with Crippen LogP contribution in [0.5, 0.6) is 5.75 Å². The maximum Gasteiger partial charge on any atom is 0.356 e. The molecule has 1 aromatic heterocycles. The molecule has 0 saturated carbocycles. The smallest absolute Gasteiger partial charge is 0.356 e. The van der Waals surface area contributed by atoms with Crippen LogP contribution in [0.15, 0.2) is 22.7 Å². The number of aryl methyl sites for hydroxylation is 1. The van der Waals surface area contributed by atoms with Crippen LogP contribution in [-0.4, -0.2) is 28.0 Å². The van der Waals surface area contributed by atoms with Crippen LogP contribution in [0.4, 0.5) is 4.39 Å². The number of rotatable bonds is 3. The van der Waals surface area contributed by atoms with E-state index in [4.69, 9.17) is 9.84 Å². The topological polar surface area (TPSA) is 64.3 Å². The standard InChI is InChI=1S/C12H10BrFN2O3/c1-16-8(5-7(15-16)12(17)18)10-6(13)3-4-9(19-2)11(10)14/h3-5H,1-2H3,(H,17,18). The summed E-state index contributed by atoms with van der Waals surface area (Å²) in [5, 5.41) is 12.7. The Morgan fingerprint density at radius 1 is 1.53 bits per heavy atom. The Balaban J connectivity index is 2.68. The third-order valence-electron chi connectivity index (χ3n) is 2.63. The van der Waals surface area contributed by atoms with E-state index in [2.05, 4.69) is 21.0 Å². The number of aromatic nitrogens is 2. The molecule has 0 fully saturated rings. The van der Waals surface area contributed by atoms with Crippen LogP contribution in [0.2, 0.25) is 0 Å². The van der Waals surface area contributed by atoms with Crippen molar-refractivity contribution in [2.75, 3.05) is 7.11 Å². The molecule has 0 bridgehead atoms. The Kier molecular flexibility index (Phi) is 3.57. The van der Waals surface area contributed by atoms with Crippen LogP contribution < -0.4 is 4.74 Å². The van der Waals surface area contributed by atoms with E-state index in [-0.39, 0.29) is 17.0 Å². The van der Waals surface area contributed by atoms with Crippen LogP contribution in [0.3, 0.4) is 0 Å². The van der Waals surface area contributed by atoms with Crippen LogP contribution in [0.1, 0.15) is 10.5 Å². The Labute approximate surface area is 116 Å². The van der Waals surface area contributed by atoms with Gasteiger partial charge in [-0.1, -0.05) is 0 Å². The van der Waals surface area contributed by atoms with Crippen molar-refractivity contribution in [1.29, 1.82) is 0 Å². The van der Waals surface area contributed by atoms with Gasteiger partial charge in [-0.25, -0.2) is 9.18 Å². The Bertz CT molecular complexity index is 655. The van der Waals surface area contributed by atoms with Crippen molar-refractivity contribution in [3.63, 3.8) is 0 Å². The van der Waals surface area contributed by atoms with Gasteiger partial charge in [0.05, 0.1) is 18.4 Å². The minimum absolute atomic E-state index is 0.0799. The lowest BCUT2D eigenvalue weighted by molar-refractivity contribution is 0.0689. The summed E-state index contributed by atoms with van der Waals surface area (Å²) in [5.41, 5.74) is 0.411. The van der Waals surface area contributed by atoms with Crippen molar-refractivity contribution in [2.45, 2.75) is 0 Å². The van der Waals surface area contributed by atoms with Crippen LogP contribution in [0.25, 0.3) is 11.3 Å². The number of nitrogens with zero attached hydrogens (tertiary/aromatic N) is 2. The van der Waals surface area contributed by atoms with Gasteiger partial charge in [-0.05, 0) is 34.1 Å². The molecule has 1 aromatic carbocycles. The summed E-state index contributed by atoms with van der Waals surface area (Å²) in [6.45, 7) is 0. The minimum atomic E-state index is -1.17. The fourth-order valence-electron chi connectivity index (χ4n) is 1.73. The lowest BCUT2D eigenvalue weighted by Crippen LogP contribution is -2.00. The van der Waals surface area contributed by atoms with Crippen molar-refractivity contribution in [3.8, 4) is 17.0 Å². The zero-order valence-electron chi connectivity index (χ0n) is 10.1. The predicted octanol–water partition coefficient (Wildman–Crippen LogP) is 2.70. The van der Waals surface area contributed by atoms with Gasteiger partial charge in [0.25, 0.3) is 0 Å². The number of halogens is 2. The molecule has 2 aromatic rings. The number of hydrogen-bond acceptors (Lipinski definition) is 3. The van der Waals surface area contributed by atoms with Crippen molar-refractivity contribution < 1.29 is 19.0 Å². The molecule has 0 unspecified atom stereocenters. The summed E-state index contributed by atoms with van der Waals surface area (Å²) in [4.78, 5) is 10.9. The van der Waals surface area contributed by atoms with Crippen molar-refractivity contribution in [2.24, 2.45) is 7.05 Å². The van der Waals surface area contributed by atoms with E-state index in [1.165, 1.54) is 23.9 Å². The largest absolute Gasteiger partial charge is 0.494 e. The molecule has 19 heavy (non-hydrogen) atoms. The molecule has 100 valence electrons. The van der Waals surface area contributed by atoms with Gasteiger partial charge in [-0.2, -0.15) is 5.10 Å². The van der Waals surface area contributed by atoms with Gasteiger partial charge >= 0.3 is 5.97 Å². The summed E-state index contributed by atoms with van der Waals surface area (Å²) in [6.07, 6.45) is 0. The van der Waals surface area contributed by atoms with E-state index in [9.17, 15) is 9.18 Å². The van der Waals surface area contributed by atoms with E-state index in [1.807, 2.05) is 0 Å². The SMILES string of the molecule is COc1ccc(Br)c(-c2cc(C(=O)O)nn2C)c1F. The number of benzene rings is 1. The monoisotopic (exact) mass is 328 g/mol. The van der Waals surface area contributed by atoms with Gasteiger partial charge in [0.15, 0.2) is 17.3 Å². The predicted molar refractivity (Wildman–Crippen MR) is 69.8 cm³/mol. The van der Waals surface area contributed by atoms with E-state index in [0.717, 1.165) is 0 Å². The number of aromatic carboxylic acids is 1. The third-order valence-corrected chi connectivity index (χ3v) is 3.29. The second-order valence-electron chi connectivity index (χ2n) is 3.78. The lowest BCUT2D eigenvalue weighted by atomic mass is 10.1. The van der Waals surface area contributed by atoms with Crippen LogP contribution in [-0.2, 0) is 7.05 Å². The first kappa shape index (κ1) is 13.5. The van der Waals surface area contributed by atoms with E-state index in [0.29, 0.717) is 10.2 Å². The van der Waals surface area contributed by atoms with Gasteiger partial charge in [-0.3, -0.25) is 4.68 Å². The van der Waals surface area contributed by atoms with Crippen molar-refractivity contribution in [3.05, 3.63) is 34.2 Å². The number of methoxy groups -OCH3 is 1. The molecule has 1 N–H and O–H groups in total. The van der Waals surface area contributed by atoms with Gasteiger partial charge < -0.3 is 9.84 Å². The number of carboxylic acid groups (broad SMARTS) is 1. The van der Waals surface area contributed by atoms with Crippen LogP contribution in [0, 0.1) is 5.82 Å². The van der Waals surface area contributed by atoms with Gasteiger partial charge in [0.1, 0.15) is 0 Å². The van der Waals surface area contributed by atoms with E-state index >= 15 is 0 Å². The molecule has 1 heterocycles. The highest BCUT2D eigenvalue weighted by Gasteiger charge is 2.20. The summed E-state index contributed by atoms with van der Waals surface area (Å²) in [6, 6.07) is 4.42. The Morgan fingerprint density at radius 3 is 2.74 bits per heavy atom. The van der Waals surface area contributed by atoms with Gasteiger partial charge in [0.2, 0.25) is 0 Å². The van der Waals surface area contributed by atoms with Gasteiger partial charge in [0, 0.05) is 11.5 Å². The zero-order chi connectivity index (χ0) is 14.2. The summed E-state index contributed by atoms with van der Waals surface area (Å²) < 4.78 is 21.0.